The second-order valence-electron chi connectivity index (χ2n) is 4.35. The molecule has 0 saturated carbocycles. The van der Waals surface area contributed by atoms with Crippen molar-refractivity contribution < 1.29 is 32.6 Å². The maximum absolute atomic E-state index is 11.3. The number of rotatable bonds is 6. The molecule has 0 aliphatic heterocycles. The van der Waals surface area contributed by atoms with E-state index in [1.54, 1.807) is 0 Å². The Hall–Kier alpha value is -2.73. The molecule has 23 heavy (non-hydrogen) atoms. The summed E-state index contributed by atoms with van der Waals surface area (Å²) < 4.78 is 31.8. The molecular formula is C11H11N3O8S. The Morgan fingerprint density at radius 2 is 1.78 bits per heavy atom. The van der Waals surface area contributed by atoms with Gasteiger partial charge < -0.3 is 5.11 Å². The van der Waals surface area contributed by atoms with E-state index in [4.69, 9.17) is 4.55 Å². The van der Waals surface area contributed by atoms with Crippen molar-refractivity contribution in [2.24, 2.45) is 10.2 Å². The third-order valence-corrected chi connectivity index (χ3v) is 3.50. The van der Waals surface area contributed by atoms with Gasteiger partial charge in [0.05, 0.1) is 4.92 Å². The molecule has 0 saturated heterocycles. The number of hydrogen-bond acceptors (Lipinski definition) is 9. The maximum Gasteiger partial charge on any atom is 0.333 e. The normalized spacial score (nSPS) is 11.8. The molecule has 0 bridgehead atoms. The van der Waals surface area contributed by atoms with E-state index >= 15 is 0 Å². The van der Waals surface area contributed by atoms with Gasteiger partial charge >= 0.3 is 15.8 Å². The Morgan fingerprint density at radius 1 is 1.26 bits per heavy atom. The van der Waals surface area contributed by atoms with Crippen molar-refractivity contribution in [3.8, 4) is 5.75 Å². The van der Waals surface area contributed by atoms with Crippen LogP contribution in [-0.4, -0.2) is 40.6 Å². The second kappa shape index (κ2) is 6.58. The van der Waals surface area contributed by atoms with Gasteiger partial charge in [-0.15, -0.1) is 0 Å². The average Bonchev–Trinajstić information content (AvgIpc) is 2.37. The quantitative estimate of drug-likeness (QED) is 0.254. The number of benzene rings is 1. The van der Waals surface area contributed by atoms with Crippen LogP contribution in [0.2, 0.25) is 0 Å². The topological polar surface area (TPSA) is 177 Å². The molecule has 0 atom stereocenters. The molecule has 0 unspecified atom stereocenters. The highest BCUT2D eigenvalue weighted by Crippen LogP contribution is 2.39. The number of aromatic hydroxyl groups is 1. The molecule has 1 rings (SSSR count). The molecule has 124 valence electrons. The average molecular weight is 345 g/mol. The van der Waals surface area contributed by atoms with Gasteiger partial charge in [0.25, 0.3) is 0 Å². The predicted octanol–water partition coefficient (Wildman–Crippen LogP) is 1.18. The van der Waals surface area contributed by atoms with E-state index in [2.05, 4.69) is 10.2 Å². The molecule has 1 aromatic rings. The van der Waals surface area contributed by atoms with E-state index in [1.165, 1.54) is 0 Å². The Morgan fingerprint density at radius 3 is 2.17 bits per heavy atom. The van der Waals surface area contributed by atoms with Gasteiger partial charge in [-0.2, -0.15) is 18.6 Å². The zero-order valence-electron chi connectivity index (χ0n) is 11.8. The van der Waals surface area contributed by atoms with E-state index in [0.717, 1.165) is 26.0 Å². The fourth-order valence-electron chi connectivity index (χ4n) is 1.63. The standard InChI is InChI=1S/C11H11N3O8S/c1-5(15)9(6(2)16)13-12-7-3-4-8(17)10(14(18)19)11(7)23(20,21)22/h3-4,9,17H,1-2H3,(H,20,21,22). The lowest BCUT2D eigenvalue weighted by Crippen LogP contribution is -2.23. The fourth-order valence-corrected chi connectivity index (χ4v) is 2.43. The predicted molar refractivity (Wildman–Crippen MR) is 74.2 cm³/mol. The lowest BCUT2D eigenvalue weighted by Gasteiger charge is -2.06. The van der Waals surface area contributed by atoms with E-state index < -0.39 is 54.7 Å². The lowest BCUT2D eigenvalue weighted by molar-refractivity contribution is -0.388. The first kappa shape index (κ1) is 18.3. The Labute approximate surface area is 129 Å². The third kappa shape index (κ3) is 4.14. The summed E-state index contributed by atoms with van der Waals surface area (Å²) in [6.45, 7) is 2.10. The number of carbonyl (C=O) groups is 2. The first-order valence-corrected chi connectivity index (χ1v) is 7.30. The van der Waals surface area contributed by atoms with Crippen LogP contribution in [0.1, 0.15) is 13.8 Å². The first-order chi connectivity index (χ1) is 10.5. The van der Waals surface area contributed by atoms with Crippen LogP contribution in [0.5, 0.6) is 5.75 Å². The molecule has 0 aliphatic carbocycles. The van der Waals surface area contributed by atoms with Gasteiger partial charge in [-0.1, -0.05) is 0 Å². The largest absolute Gasteiger partial charge is 0.502 e. The smallest absolute Gasteiger partial charge is 0.333 e. The summed E-state index contributed by atoms with van der Waals surface area (Å²) in [6, 6.07) is 0.0707. The highest BCUT2D eigenvalue weighted by molar-refractivity contribution is 7.86. The zero-order chi connectivity index (χ0) is 17.9. The minimum Gasteiger partial charge on any atom is -0.502 e. The van der Waals surface area contributed by atoms with Crippen LogP contribution in [0.3, 0.4) is 0 Å². The minimum atomic E-state index is -5.15. The highest BCUT2D eigenvalue weighted by Gasteiger charge is 2.32. The molecule has 12 heteroatoms. The number of phenols is 1. The third-order valence-electron chi connectivity index (χ3n) is 2.58. The maximum atomic E-state index is 11.3. The van der Waals surface area contributed by atoms with E-state index in [1.807, 2.05) is 0 Å². The highest BCUT2D eigenvalue weighted by atomic mass is 32.2. The summed E-state index contributed by atoms with van der Waals surface area (Å²) in [4.78, 5) is 30.8. The molecule has 0 heterocycles. The lowest BCUT2D eigenvalue weighted by atomic mass is 10.1. The number of azo groups is 1. The Balaban J connectivity index is 3.61. The number of nitrogens with zero attached hydrogens (tertiary/aromatic N) is 3. The van der Waals surface area contributed by atoms with Gasteiger partial charge in [-0.25, -0.2) is 0 Å². The van der Waals surface area contributed by atoms with Crippen molar-refractivity contribution >= 4 is 33.1 Å². The number of ketones is 2. The number of hydrogen-bond donors (Lipinski definition) is 2. The molecule has 0 fully saturated rings. The molecule has 0 amide bonds. The number of Topliss-reactive ketones (excluding diaryl/α,β-unsaturated/α-hetero) is 2. The van der Waals surface area contributed by atoms with E-state index in [9.17, 15) is 33.2 Å². The van der Waals surface area contributed by atoms with Crippen LogP contribution < -0.4 is 0 Å². The van der Waals surface area contributed by atoms with Crippen LogP contribution >= 0.6 is 0 Å². The molecule has 1 aromatic carbocycles. The number of phenolic OH excluding ortho intramolecular Hbond substituents is 1. The Bertz CT molecular complexity index is 801. The van der Waals surface area contributed by atoms with Crippen molar-refractivity contribution in [1.82, 2.24) is 0 Å². The van der Waals surface area contributed by atoms with Crippen LogP contribution in [0.15, 0.2) is 27.3 Å². The van der Waals surface area contributed by atoms with Crippen molar-refractivity contribution in [1.29, 1.82) is 0 Å². The molecule has 11 nitrogen and oxygen atoms in total. The monoisotopic (exact) mass is 345 g/mol. The van der Waals surface area contributed by atoms with Crippen molar-refractivity contribution in [2.45, 2.75) is 24.8 Å². The van der Waals surface area contributed by atoms with Gasteiger partial charge in [0.2, 0.25) is 4.90 Å². The SMILES string of the molecule is CC(=O)C(N=Nc1ccc(O)c([N+](=O)[O-])c1S(=O)(=O)O)C(C)=O. The fraction of sp³-hybridized carbons (Fsp3) is 0.273. The van der Waals surface area contributed by atoms with Crippen molar-refractivity contribution in [3.05, 3.63) is 22.2 Å². The summed E-state index contributed by atoms with van der Waals surface area (Å²) >= 11 is 0. The molecule has 0 radical (unpaired) electrons. The summed E-state index contributed by atoms with van der Waals surface area (Å²) in [5.41, 5.74) is -2.00. The van der Waals surface area contributed by atoms with Crippen molar-refractivity contribution in [2.75, 3.05) is 0 Å². The number of nitro groups is 1. The number of nitro benzene ring substituents is 1. The summed E-state index contributed by atoms with van der Waals surface area (Å²) in [7, 11) is -5.15. The van der Waals surface area contributed by atoms with Crippen molar-refractivity contribution in [3.63, 3.8) is 0 Å². The van der Waals surface area contributed by atoms with E-state index in [-0.39, 0.29) is 0 Å². The number of carbonyl (C=O) groups excluding carboxylic acids is 2. The van der Waals surface area contributed by atoms with Crippen LogP contribution in [0.25, 0.3) is 0 Å². The molecule has 0 spiro atoms. The summed E-state index contributed by atoms with van der Waals surface area (Å²) in [6.07, 6.45) is 0. The van der Waals surface area contributed by atoms with Crippen LogP contribution in [0, 0.1) is 10.1 Å². The Kier molecular flexibility index (Phi) is 5.24. The van der Waals surface area contributed by atoms with Gasteiger partial charge in [-0.05, 0) is 26.0 Å². The molecule has 0 aromatic heterocycles. The summed E-state index contributed by atoms with van der Waals surface area (Å²) in [5, 5.41) is 27.0. The van der Waals surface area contributed by atoms with Gasteiger partial charge in [0, 0.05) is 0 Å². The zero-order valence-corrected chi connectivity index (χ0v) is 12.6. The van der Waals surface area contributed by atoms with Gasteiger partial charge in [-0.3, -0.25) is 24.3 Å². The molecule has 2 N–H and O–H groups in total. The second-order valence-corrected chi connectivity index (χ2v) is 5.71. The first-order valence-electron chi connectivity index (χ1n) is 5.86. The van der Waals surface area contributed by atoms with E-state index in [0.29, 0.717) is 0 Å². The molecular weight excluding hydrogens is 334 g/mol. The van der Waals surface area contributed by atoms with Gasteiger partial charge in [0.15, 0.2) is 23.4 Å². The minimum absolute atomic E-state index is 0.678. The van der Waals surface area contributed by atoms with Crippen LogP contribution in [-0.2, 0) is 19.7 Å². The van der Waals surface area contributed by atoms with Crippen LogP contribution in [0.4, 0.5) is 11.4 Å². The molecule has 0 aliphatic rings. The summed E-state index contributed by atoms with van der Waals surface area (Å²) in [5.74, 6) is -2.37. The van der Waals surface area contributed by atoms with Gasteiger partial charge in [0.1, 0.15) is 5.69 Å².